The van der Waals surface area contributed by atoms with Crippen molar-refractivity contribution in [1.29, 1.82) is 0 Å². The maximum absolute atomic E-state index is 12.7. The van der Waals surface area contributed by atoms with Gasteiger partial charge in [-0.2, -0.15) is 13.8 Å². The van der Waals surface area contributed by atoms with Crippen LogP contribution in [0.15, 0.2) is 4.52 Å². The average molecular weight is 218 g/mol. The maximum atomic E-state index is 12.7. The van der Waals surface area contributed by atoms with E-state index in [4.69, 9.17) is 0 Å². The van der Waals surface area contributed by atoms with Crippen molar-refractivity contribution in [2.75, 3.05) is 0 Å². The molecule has 0 fully saturated rings. The van der Waals surface area contributed by atoms with Crippen molar-refractivity contribution in [3.8, 4) is 0 Å². The summed E-state index contributed by atoms with van der Waals surface area (Å²) in [7, 11) is 0. The van der Waals surface area contributed by atoms with Crippen LogP contribution in [0.25, 0.3) is 0 Å². The van der Waals surface area contributed by atoms with E-state index < -0.39 is 11.8 Å². The van der Waals surface area contributed by atoms with E-state index in [9.17, 15) is 13.6 Å². The van der Waals surface area contributed by atoms with Crippen molar-refractivity contribution >= 4 is 6.29 Å². The van der Waals surface area contributed by atoms with E-state index in [0.717, 1.165) is 6.29 Å². The van der Waals surface area contributed by atoms with Gasteiger partial charge in [-0.15, -0.1) is 0 Å². The highest BCUT2D eigenvalue weighted by molar-refractivity contribution is 5.48. The largest absolute Gasteiger partial charge is 0.333 e. The molecule has 0 spiro atoms. The first kappa shape index (κ1) is 11.7. The van der Waals surface area contributed by atoms with Crippen LogP contribution in [0.5, 0.6) is 0 Å². The van der Waals surface area contributed by atoms with Crippen LogP contribution < -0.4 is 0 Å². The molecule has 0 saturated heterocycles. The number of carbonyl (C=O) groups excluding carboxylic acids is 1. The minimum absolute atomic E-state index is 0.262. The second-order valence-corrected chi connectivity index (χ2v) is 3.32. The number of aldehydes is 1. The molecule has 0 radical (unpaired) electrons. The van der Waals surface area contributed by atoms with Crippen LogP contribution in [-0.2, 0) is 17.1 Å². The summed E-state index contributed by atoms with van der Waals surface area (Å²) in [6.07, 6.45) is 3.13. The highest BCUT2D eigenvalue weighted by atomic mass is 19.3. The third kappa shape index (κ3) is 3.73. The van der Waals surface area contributed by atoms with Gasteiger partial charge < -0.3 is 9.32 Å². The molecule has 0 unspecified atom stereocenters. The molecule has 84 valence electrons. The zero-order valence-corrected chi connectivity index (χ0v) is 8.37. The van der Waals surface area contributed by atoms with E-state index in [1.165, 1.54) is 0 Å². The lowest BCUT2D eigenvalue weighted by atomic mass is 10.2. The Morgan fingerprint density at radius 3 is 2.73 bits per heavy atom. The molecule has 0 N–H and O–H groups in total. The summed E-state index contributed by atoms with van der Waals surface area (Å²) >= 11 is 0. The van der Waals surface area contributed by atoms with Gasteiger partial charge in [-0.25, -0.2) is 0 Å². The SMILES string of the molecule is CC(F)(F)c1nc(CCCCC=O)no1. The van der Waals surface area contributed by atoms with Gasteiger partial charge in [0.05, 0.1) is 0 Å². The molecule has 15 heavy (non-hydrogen) atoms. The summed E-state index contributed by atoms with van der Waals surface area (Å²) < 4.78 is 29.7. The topological polar surface area (TPSA) is 56.0 Å². The molecule has 1 aromatic heterocycles. The Hall–Kier alpha value is -1.33. The first-order valence-corrected chi connectivity index (χ1v) is 4.68. The first-order valence-electron chi connectivity index (χ1n) is 4.68. The zero-order chi connectivity index (χ0) is 11.3. The van der Waals surface area contributed by atoms with Crippen molar-refractivity contribution in [2.24, 2.45) is 0 Å². The van der Waals surface area contributed by atoms with Crippen LogP contribution >= 0.6 is 0 Å². The van der Waals surface area contributed by atoms with Crippen LogP contribution in [-0.4, -0.2) is 16.4 Å². The van der Waals surface area contributed by atoms with E-state index in [2.05, 4.69) is 14.7 Å². The molecule has 1 aromatic rings. The lowest BCUT2D eigenvalue weighted by Gasteiger charge is -2.00. The summed E-state index contributed by atoms with van der Waals surface area (Å²) in [4.78, 5) is 13.6. The summed E-state index contributed by atoms with van der Waals surface area (Å²) in [5.41, 5.74) is 0. The second-order valence-electron chi connectivity index (χ2n) is 3.32. The minimum Gasteiger partial charge on any atom is -0.333 e. The normalized spacial score (nSPS) is 11.7. The van der Waals surface area contributed by atoms with Crippen molar-refractivity contribution in [2.45, 2.75) is 38.5 Å². The van der Waals surface area contributed by atoms with Gasteiger partial charge in [-0.1, -0.05) is 5.16 Å². The van der Waals surface area contributed by atoms with E-state index in [0.29, 0.717) is 32.6 Å². The molecule has 0 bridgehead atoms. The molecule has 4 nitrogen and oxygen atoms in total. The number of alkyl halides is 2. The monoisotopic (exact) mass is 218 g/mol. The van der Waals surface area contributed by atoms with Crippen molar-refractivity contribution < 1.29 is 18.1 Å². The lowest BCUT2D eigenvalue weighted by molar-refractivity contribution is -0.107. The fraction of sp³-hybridized carbons (Fsp3) is 0.667. The molecule has 1 heterocycles. The molecule has 0 aliphatic heterocycles. The molecule has 0 atom stereocenters. The third-order valence-electron chi connectivity index (χ3n) is 1.82. The van der Waals surface area contributed by atoms with Crippen LogP contribution in [0.2, 0.25) is 0 Å². The minimum atomic E-state index is -3.09. The van der Waals surface area contributed by atoms with Gasteiger partial charge in [0.1, 0.15) is 6.29 Å². The van der Waals surface area contributed by atoms with Crippen LogP contribution in [0.1, 0.15) is 37.9 Å². The molecule has 1 rings (SSSR count). The quantitative estimate of drug-likeness (QED) is 0.542. The molecule has 0 aliphatic rings. The highest BCUT2D eigenvalue weighted by Gasteiger charge is 2.31. The summed E-state index contributed by atoms with van der Waals surface area (Å²) in [5, 5.41) is 3.43. The van der Waals surface area contributed by atoms with Crippen LogP contribution in [0.3, 0.4) is 0 Å². The Kier molecular flexibility index (Phi) is 3.88. The Morgan fingerprint density at radius 1 is 1.47 bits per heavy atom. The molecule has 0 aromatic carbocycles. The Morgan fingerprint density at radius 2 is 2.20 bits per heavy atom. The number of nitrogens with zero attached hydrogens (tertiary/aromatic N) is 2. The Balaban J connectivity index is 2.43. The molecular weight excluding hydrogens is 206 g/mol. The summed E-state index contributed by atoms with van der Waals surface area (Å²) in [6, 6.07) is 0. The predicted molar refractivity (Wildman–Crippen MR) is 47.5 cm³/mol. The lowest BCUT2D eigenvalue weighted by Crippen LogP contribution is -2.07. The van der Waals surface area contributed by atoms with E-state index in [1.54, 1.807) is 0 Å². The van der Waals surface area contributed by atoms with Gasteiger partial charge in [0.15, 0.2) is 5.82 Å². The molecule has 0 saturated carbocycles. The van der Waals surface area contributed by atoms with E-state index >= 15 is 0 Å². The van der Waals surface area contributed by atoms with Crippen molar-refractivity contribution in [3.05, 3.63) is 11.7 Å². The number of aromatic nitrogens is 2. The van der Waals surface area contributed by atoms with Gasteiger partial charge in [-0.3, -0.25) is 0 Å². The molecular formula is C9H12F2N2O2. The standard InChI is InChI=1S/C9H12F2N2O2/c1-9(10,11)8-12-7(13-15-8)5-3-2-4-6-14/h6H,2-5H2,1H3. The number of aryl methyl sites for hydroxylation is 1. The Labute approximate surface area is 85.7 Å². The fourth-order valence-electron chi connectivity index (χ4n) is 1.04. The number of hydrogen-bond donors (Lipinski definition) is 0. The molecule has 6 heteroatoms. The average Bonchev–Trinajstić information content (AvgIpc) is 2.60. The number of hydrogen-bond acceptors (Lipinski definition) is 4. The summed E-state index contributed by atoms with van der Waals surface area (Å²) in [5.74, 6) is -3.49. The van der Waals surface area contributed by atoms with Gasteiger partial charge >= 0.3 is 5.92 Å². The van der Waals surface area contributed by atoms with E-state index in [-0.39, 0.29) is 5.82 Å². The van der Waals surface area contributed by atoms with Gasteiger partial charge in [0.2, 0.25) is 0 Å². The maximum Gasteiger partial charge on any atom is 0.322 e. The van der Waals surface area contributed by atoms with E-state index in [1.807, 2.05) is 0 Å². The van der Waals surface area contributed by atoms with Crippen LogP contribution in [0, 0.1) is 0 Å². The number of rotatable bonds is 6. The van der Waals surface area contributed by atoms with Crippen molar-refractivity contribution in [1.82, 2.24) is 10.1 Å². The summed E-state index contributed by atoms with van der Waals surface area (Å²) in [6.45, 7) is 0.705. The fourth-order valence-corrected chi connectivity index (χ4v) is 1.04. The molecule has 0 aliphatic carbocycles. The smallest absolute Gasteiger partial charge is 0.322 e. The predicted octanol–water partition coefficient (Wildman–Crippen LogP) is 2.09. The third-order valence-corrected chi connectivity index (χ3v) is 1.82. The van der Waals surface area contributed by atoms with Gasteiger partial charge in [0, 0.05) is 19.8 Å². The first-order chi connectivity index (χ1) is 7.04. The highest BCUT2D eigenvalue weighted by Crippen LogP contribution is 2.24. The molecule has 0 amide bonds. The van der Waals surface area contributed by atoms with Crippen molar-refractivity contribution in [3.63, 3.8) is 0 Å². The van der Waals surface area contributed by atoms with Crippen LogP contribution in [0.4, 0.5) is 8.78 Å². The number of halogens is 2. The Bertz CT molecular complexity index is 320. The zero-order valence-electron chi connectivity index (χ0n) is 8.37. The van der Waals surface area contributed by atoms with Gasteiger partial charge in [-0.05, 0) is 12.8 Å². The van der Waals surface area contributed by atoms with Gasteiger partial charge in [0.25, 0.3) is 5.89 Å². The number of carbonyl (C=O) groups is 1. The second kappa shape index (κ2) is 4.95. The number of unbranched alkanes of at least 4 members (excludes halogenated alkanes) is 2.